The Morgan fingerprint density at radius 3 is 2.52 bits per heavy atom. The van der Waals surface area contributed by atoms with Crippen molar-refractivity contribution in [3.63, 3.8) is 0 Å². The fraction of sp³-hybridized carbons (Fsp3) is 0.273. The molecule has 1 heterocycles. The molecule has 0 aliphatic rings. The Labute approximate surface area is 175 Å². The molecular weight excluding hydrogens is 390 g/mol. The summed E-state index contributed by atoms with van der Waals surface area (Å²) >= 11 is 5.99. The highest BCUT2D eigenvalue weighted by Gasteiger charge is 2.24. The Morgan fingerprint density at radius 1 is 1.21 bits per heavy atom. The van der Waals surface area contributed by atoms with Crippen LogP contribution in [0.25, 0.3) is 0 Å². The molecule has 0 saturated heterocycles. The summed E-state index contributed by atoms with van der Waals surface area (Å²) in [5, 5.41) is 3.68. The second-order valence-electron chi connectivity index (χ2n) is 6.78. The fourth-order valence-electron chi connectivity index (χ4n) is 3.00. The molecule has 0 radical (unpaired) electrons. The van der Waals surface area contributed by atoms with E-state index in [1.54, 1.807) is 38.4 Å². The maximum atomic E-state index is 12.9. The highest BCUT2D eigenvalue weighted by atomic mass is 35.5. The maximum absolute atomic E-state index is 12.9. The lowest BCUT2D eigenvalue weighted by Crippen LogP contribution is -2.39. The number of imidazole rings is 1. The second kappa shape index (κ2) is 9.01. The lowest BCUT2D eigenvalue weighted by atomic mass is 10.1. The van der Waals surface area contributed by atoms with Gasteiger partial charge in [-0.1, -0.05) is 23.7 Å². The van der Waals surface area contributed by atoms with Crippen molar-refractivity contribution in [3.05, 3.63) is 76.8 Å². The first-order valence-corrected chi connectivity index (χ1v) is 9.61. The van der Waals surface area contributed by atoms with Gasteiger partial charge in [-0.05, 0) is 55.3 Å². The minimum absolute atomic E-state index is 0.247. The first-order chi connectivity index (χ1) is 13.9. The summed E-state index contributed by atoms with van der Waals surface area (Å²) in [4.78, 5) is 17.3. The molecule has 29 heavy (non-hydrogen) atoms. The number of benzene rings is 2. The molecule has 1 aromatic heterocycles. The van der Waals surface area contributed by atoms with E-state index in [0.29, 0.717) is 10.8 Å². The maximum Gasteiger partial charge on any atom is 0.261 e. The van der Waals surface area contributed by atoms with Crippen LogP contribution >= 0.6 is 11.6 Å². The van der Waals surface area contributed by atoms with E-state index >= 15 is 0 Å². The number of ether oxygens (including phenoxy) is 2. The van der Waals surface area contributed by atoms with Crippen LogP contribution in [0, 0.1) is 6.92 Å². The largest absolute Gasteiger partial charge is 0.497 e. The lowest BCUT2D eigenvalue weighted by Gasteiger charge is -2.22. The van der Waals surface area contributed by atoms with Crippen molar-refractivity contribution < 1.29 is 14.3 Å². The van der Waals surface area contributed by atoms with E-state index in [1.165, 1.54) is 0 Å². The summed E-state index contributed by atoms with van der Waals surface area (Å²) in [6.07, 6.45) is 2.85. The van der Waals surface area contributed by atoms with Crippen LogP contribution in [-0.2, 0) is 11.8 Å². The molecule has 152 valence electrons. The number of amides is 1. The second-order valence-corrected chi connectivity index (χ2v) is 7.22. The molecule has 0 spiro atoms. The van der Waals surface area contributed by atoms with Gasteiger partial charge in [0, 0.05) is 24.5 Å². The van der Waals surface area contributed by atoms with E-state index in [-0.39, 0.29) is 5.91 Å². The van der Waals surface area contributed by atoms with E-state index in [4.69, 9.17) is 21.1 Å². The van der Waals surface area contributed by atoms with Crippen molar-refractivity contribution in [2.45, 2.75) is 26.0 Å². The molecule has 3 rings (SSSR count). The summed E-state index contributed by atoms with van der Waals surface area (Å²) < 4.78 is 13.0. The minimum atomic E-state index is -0.698. The Balaban J connectivity index is 1.81. The zero-order chi connectivity index (χ0) is 21.0. The van der Waals surface area contributed by atoms with Gasteiger partial charge in [-0.15, -0.1) is 0 Å². The number of aryl methyl sites for hydroxylation is 2. The molecule has 3 aromatic rings. The summed E-state index contributed by atoms with van der Waals surface area (Å²) in [5.74, 6) is 1.84. The molecule has 2 unspecified atom stereocenters. The number of carbonyl (C=O) groups is 1. The van der Waals surface area contributed by atoms with Crippen LogP contribution < -0.4 is 14.8 Å². The number of nitrogens with zero attached hydrogens (tertiary/aromatic N) is 2. The highest BCUT2D eigenvalue weighted by Crippen LogP contribution is 2.25. The standard InChI is InChI=1S/C22H24ClN3O3/c1-14-13-17(23)7-10-19(14)29-15(2)22(27)25-20(21-24-11-12-26(21)3)16-5-8-18(28-4)9-6-16/h5-13,15,20H,1-4H3,(H,25,27). The van der Waals surface area contributed by atoms with Gasteiger partial charge in [0.1, 0.15) is 23.4 Å². The van der Waals surface area contributed by atoms with Crippen LogP contribution in [0.15, 0.2) is 54.9 Å². The lowest BCUT2D eigenvalue weighted by molar-refractivity contribution is -0.127. The Kier molecular flexibility index (Phi) is 6.44. The predicted octanol–water partition coefficient (Wildman–Crippen LogP) is 4.06. The van der Waals surface area contributed by atoms with Crippen molar-refractivity contribution in [3.8, 4) is 11.5 Å². The molecule has 6 nitrogen and oxygen atoms in total. The quantitative estimate of drug-likeness (QED) is 0.634. The highest BCUT2D eigenvalue weighted by molar-refractivity contribution is 6.30. The van der Waals surface area contributed by atoms with Gasteiger partial charge >= 0.3 is 0 Å². The van der Waals surface area contributed by atoms with Crippen molar-refractivity contribution in [2.75, 3.05) is 7.11 Å². The summed E-state index contributed by atoms with van der Waals surface area (Å²) in [7, 11) is 3.51. The van der Waals surface area contributed by atoms with Gasteiger partial charge in [0.25, 0.3) is 5.91 Å². The number of aromatic nitrogens is 2. The van der Waals surface area contributed by atoms with Gasteiger partial charge in [0.2, 0.25) is 0 Å². The van der Waals surface area contributed by atoms with Crippen molar-refractivity contribution in [1.82, 2.24) is 14.9 Å². The fourth-order valence-corrected chi connectivity index (χ4v) is 3.22. The first-order valence-electron chi connectivity index (χ1n) is 9.23. The number of methoxy groups -OCH3 is 1. The van der Waals surface area contributed by atoms with Crippen LogP contribution in [0.1, 0.15) is 29.9 Å². The Morgan fingerprint density at radius 2 is 1.93 bits per heavy atom. The van der Waals surface area contributed by atoms with E-state index < -0.39 is 12.1 Å². The molecular formula is C22H24ClN3O3. The average molecular weight is 414 g/mol. The van der Waals surface area contributed by atoms with Crippen LogP contribution in [-0.4, -0.2) is 28.7 Å². The zero-order valence-corrected chi connectivity index (χ0v) is 17.6. The van der Waals surface area contributed by atoms with Crippen LogP contribution in [0.3, 0.4) is 0 Å². The average Bonchev–Trinajstić information content (AvgIpc) is 3.13. The molecule has 7 heteroatoms. The van der Waals surface area contributed by atoms with Crippen molar-refractivity contribution in [2.24, 2.45) is 7.05 Å². The van der Waals surface area contributed by atoms with E-state index in [2.05, 4.69) is 10.3 Å². The van der Waals surface area contributed by atoms with E-state index in [1.807, 2.05) is 49.0 Å². The van der Waals surface area contributed by atoms with Crippen LogP contribution in [0.5, 0.6) is 11.5 Å². The third-order valence-corrected chi connectivity index (χ3v) is 4.90. The van der Waals surface area contributed by atoms with Crippen molar-refractivity contribution >= 4 is 17.5 Å². The minimum Gasteiger partial charge on any atom is -0.497 e. The molecule has 0 aliphatic heterocycles. The monoisotopic (exact) mass is 413 g/mol. The molecule has 0 saturated carbocycles. The van der Waals surface area contributed by atoms with Gasteiger partial charge in [-0.3, -0.25) is 4.79 Å². The summed E-state index contributed by atoms with van der Waals surface area (Å²) in [5.41, 5.74) is 1.76. The predicted molar refractivity (Wildman–Crippen MR) is 112 cm³/mol. The van der Waals surface area contributed by atoms with Crippen molar-refractivity contribution in [1.29, 1.82) is 0 Å². The van der Waals surface area contributed by atoms with Gasteiger partial charge in [-0.2, -0.15) is 0 Å². The van der Waals surface area contributed by atoms with Gasteiger partial charge < -0.3 is 19.4 Å². The van der Waals surface area contributed by atoms with Crippen LogP contribution in [0.4, 0.5) is 0 Å². The molecule has 0 fully saturated rings. The normalized spacial score (nSPS) is 12.9. The topological polar surface area (TPSA) is 65.4 Å². The number of rotatable bonds is 7. The molecule has 0 aliphatic carbocycles. The summed E-state index contributed by atoms with van der Waals surface area (Å²) in [6.45, 7) is 3.60. The number of hydrogen-bond donors (Lipinski definition) is 1. The first kappa shape index (κ1) is 20.7. The number of halogens is 1. The molecule has 1 N–H and O–H groups in total. The molecule has 0 bridgehead atoms. The smallest absolute Gasteiger partial charge is 0.261 e. The molecule has 2 aromatic carbocycles. The number of carbonyl (C=O) groups excluding carboxylic acids is 1. The van der Waals surface area contributed by atoms with Crippen LogP contribution in [0.2, 0.25) is 5.02 Å². The number of hydrogen-bond acceptors (Lipinski definition) is 4. The van der Waals surface area contributed by atoms with E-state index in [9.17, 15) is 4.79 Å². The third-order valence-electron chi connectivity index (χ3n) is 4.66. The zero-order valence-electron chi connectivity index (χ0n) is 16.8. The molecule has 2 atom stereocenters. The van der Waals surface area contributed by atoms with E-state index in [0.717, 1.165) is 22.7 Å². The Hall–Kier alpha value is -2.99. The Bertz CT molecular complexity index is 985. The van der Waals surface area contributed by atoms with Gasteiger partial charge in [0.15, 0.2) is 6.10 Å². The van der Waals surface area contributed by atoms with Gasteiger partial charge in [0.05, 0.1) is 7.11 Å². The number of nitrogens with one attached hydrogen (secondary N) is 1. The van der Waals surface area contributed by atoms with Gasteiger partial charge in [-0.25, -0.2) is 4.98 Å². The molecule has 1 amide bonds. The SMILES string of the molecule is COc1ccc(C(NC(=O)C(C)Oc2ccc(Cl)cc2C)c2nccn2C)cc1. The third kappa shape index (κ3) is 4.90. The summed E-state index contributed by atoms with van der Waals surface area (Å²) in [6, 6.07) is 12.4.